The van der Waals surface area contributed by atoms with E-state index >= 15 is 0 Å². The molecule has 3 aromatic rings. The molecule has 0 amide bonds. The maximum Gasteiger partial charge on any atom is 0.208 e. The van der Waals surface area contributed by atoms with E-state index in [-0.39, 0.29) is 6.61 Å². The molecule has 4 nitrogen and oxygen atoms in total. The predicted molar refractivity (Wildman–Crippen MR) is 75.6 cm³/mol. The molecule has 0 bridgehead atoms. The largest absolute Gasteiger partial charge is 0.461 e. The average Bonchev–Trinajstić information content (AvgIpc) is 3.08. The van der Waals surface area contributed by atoms with Crippen molar-refractivity contribution in [1.29, 1.82) is 0 Å². The third kappa shape index (κ3) is 2.22. The lowest BCUT2D eigenvalue weighted by molar-refractivity contribution is 0.281. The molecule has 1 aromatic carbocycles. The summed E-state index contributed by atoms with van der Waals surface area (Å²) >= 11 is 12.1. The van der Waals surface area contributed by atoms with Crippen molar-refractivity contribution >= 4 is 23.2 Å². The van der Waals surface area contributed by atoms with Crippen molar-refractivity contribution in [2.24, 2.45) is 0 Å². The summed E-state index contributed by atoms with van der Waals surface area (Å²) in [5.74, 6) is 0.870. The van der Waals surface area contributed by atoms with Gasteiger partial charge in [0.2, 0.25) is 5.76 Å². The minimum atomic E-state index is -0.252. The summed E-state index contributed by atoms with van der Waals surface area (Å²) in [5, 5.41) is 14.6. The summed E-state index contributed by atoms with van der Waals surface area (Å²) in [4.78, 5) is 0. The summed E-state index contributed by atoms with van der Waals surface area (Å²) in [5.41, 5.74) is 1.56. The molecule has 6 heteroatoms. The molecule has 0 fully saturated rings. The molecule has 0 spiro atoms. The highest BCUT2D eigenvalue weighted by Crippen LogP contribution is 2.36. The Morgan fingerprint density at radius 3 is 2.75 bits per heavy atom. The van der Waals surface area contributed by atoms with E-state index in [0.29, 0.717) is 38.4 Å². The molecule has 0 saturated carbocycles. The van der Waals surface area contributed by atoms with Gasteiger partial charge in [0, 0.05) is 10.6 Å². The second-order valence-corrected chi connectivity index (χ2v) is 4.94. The van der Waals surface area contributed by atoms with E-state index in [4.69, 9.17) is 32.1 Å². The Balaban J connectivity index is 2.18. The Hall–Kier alpha value is -1.75. The third-order valence-electron chi connectivity index (χ3n) is 2.87. The number of rotatable bonds is 3. The molecule has 0 atom stereocenters. The van der Waals surface area contributed by atoms with Gasteiger partial charge in [0.05, 0.1) is 23.5 Å². The van der Waals surface area contributed by atoms with E-state index in [1.165, 1.54) is 6.26 Å². The molecule has 0 unspecified atom stereocenters. The molecular weight excluding hydrogens is 301 g/mol. The Bertz CT molecular complexity index is 735. The molecule has 102 valence electrons. The SMILES string of the molecule is OCc1c(-c2cc(Cl)ccc2Cl)noc1-c1ccco1. The Morgan fingerprint density at radius 2 is 2.05 bits per heavy atom. The van der Waals surface area contributed by atoms with Gasteiger partial charge in [-0.2, -0.15) is 0 Å². The molecule has 0 aliphatic carbocycles. The molecule has 2 heterocycles. The highest BCUT2D eigenvalue weighted by molar-refractivity contribution is 6.35. The molecule has 0 aliphatic heterocycles. The molecule has 2 aromatic heterocycles. The van der Waals surface area contributed by atoms with E-state index in [0.717, 1.165) is 0 Å². The highest BCUT2D eigenvalue weighted by atomic mass is 35.5. The number of hydrogen-bond donors (Lipinski definition) is 1. The van der Waals surface area contributed by atoms with Crippen molar-refractivity contribution in [3.8, 4) is 22.8 Å². The lowest BCUT2D eigenvalue weighted by atomic mass is 10.1. The zero-order valence-corrected chi connectivity index (χ0v) is 11.6. The van der Waals surface area contributed by atoms with Crippen LogP contribution in [0.4, 0.5) is 0 Å². The van der Waals surface area contributed by atoms with Gasteiger partial charge in [-0.15, -0.1) is 0 Å². The third-order valence-corrected chi connectivity index (χ3v) is 3.44. The number of hydrogen-bond acceptors (Lipinski definition) is 4. The normalized spacial score (nSPS) is 10.9. The molecule has 3 rings (SSSR count). The smallest absolute Gasteiger partial charge is 0.208 e. The molecule has 20 heavy (non-hydrogen) atoms. The van der Waals surface area contributed by atoms with Gasteiger partial charge in [0.25, 0.3) is 0 Å². The van der Waals surface area contributed by atoms with Crippen LogP contribution in [-0.2, 0) is 6.61 Å². The molecule has 0 aliphatic rings. The molecule has 0 saturated heterocycles. The lowest BCUT2D eigenvalue weighted by Gasteiger charge is -2.03. The van der Waals surface area contributed by atoms with E-state index in [1.807, 2.05) is 0 Å². The van der Waals surface area contributed by atoms with Gasteiger partial charge in [-0.05, 0) is 30.3 Å². The first-order valence-corrected chi connectivity index (χ1v) is 6.55. The van der Waals surface area contributed by atoms with Gasteiger partial charge in [-0.3, -0.25) is 0 Å². The first-order chi connectivity index (χ1) is 9.70. The predicted octanol–water partition coefficient (Wildman–Crippen LogP) is 4.40. The maximum absolute atomic E-state index is 9.59. The summed E-state index contributed by atoms with van der Waals surface area (Å²) < 4.78 is 10.5. The van der Waals surface area contributed by atoms with Crippen LogP contribution >= 0.6 is 23.2 Å². The van der Waals surface area contributed by atoms with Crippen LogP contribution in [0.2, 0.25) is 10.0 Å². The van der Waals surface area contributed by atoms with Crippen molar-refractivity contribution in [1.82, 2.24) is 5.16 Å². The van der Waals surface area contributed by atoms with E-state index in [2.05, 4.69) is 5.16 Å². The van der Waals surface area contributed by atoms with Crippen molar-refractivity contribution in [3.63, 3.8) is 0 Å². The second kappa shape index (κ2) is 5.32. The Morgan fingerprint density at radius 1 is 1.20 bits per heavy atom. The maximum atomic E-state index is 9.59. The van der Waals surface area contributed by atoms with E-state index in [9.17, 15) is 5.11 Å². The summed E-state index contributed by atoms with van der Waals surface area (Å²) in [6.45, 7) is -0.252. The van der Waals surface area contributed by atoms with E-state index < -0.39 is 0 Å². The quantitative estimate of drug-likeness (QED) is 0.779. The Kier molecular flexibility index (Phi) is 3.53. The van der Waals surface area contributed by atoms with Crippen LogP contribution in [0, 0.1) is 0 Å². The molecule has 1 N–H and O–H groups in total. The number of aliphatic hydroxyl groups is 1. The summed E-state index contributed by atoms with van der Waals surface area (Å²) in [6.07, 6.45) is 1.52. The van der Waals surface area contributed by atoms with Crippen LogP contribution in [0.15, 0.2) is 45.5 Å². The zero-order valence-electron chi connectivity index (χ0n) is 10.1. The number of nitrogens with zero attached hydrogens (tertiary/aromatic N) is 1. The van der Waals surface area contributed by atoms with Crippen LogP contribution in [0.3, 0.4) is 0 Å². The van der Waals surface area contributed by atoms with Crippen molar-refractivity contribution in [2.45, 2.75) is 6.61 Å². The second-order valence-electron chi connectivity index (χ2n) is 4.10. The van der Waals surface area contributed by atoms with Gasteiger partial charge >= 0.3 is 0 Å². The number of benzene rings is 1. The van der Waals surface area contributed by atoms with Crippen LogP contribution in [-0.4, -0.2) is 10.3 Å². The standard InChI is InChI=1S/C14H9Cl2NO3/c15-8-3-4-11(16)9(6-8)13-10(7-18)14(20-17-13)12-2-1-5-19-12/h1-6,18H,7H2. The number of furan rings is 1. The van der Waals surface area contributed by atoms with Crippen LogP contribution in [0.25, 0.3) is 22.8 Å². The monoisotopic (exact) mass is 309 g/mol. The first kappa shape index (κ1) is 13.2. The molecule has 0 radical (unpaired) electrons. The fraction of sp³-hybridized carbons (Fsp3) is 0.0714. The Labute approximate surface area is 124 Å². The lowest BCUT2D eigenvalue weighted by Crippen LogP contribution is -1.89. The number of aliphatic hydroxyl groups excluding tert-OH is 1. The van der Waals surface area contributed by atoms with Gasteiger partial charge < -0.3 is 14.0 Å². The number of halogens is 2. The molecular formula is C14H9Cl2NO3. The van der Waals surface area contributed by atoms with Gasteiger partial charge in [-0.1, -0.05) is 28.4 Å². The minimum absolute atomic E-state index is 0.252. The van der Waals surface area contributed by atoms with Gasteiger partial charge in [0.15, 0.2) is 5.76 Å². The zero-order chi connectivity index (χ0) is 14.1. The van der Waals surface area contributed by atoms with E-state index in [1.54, 1.807) is 30.3 Å². The van der Waals surface area contributed by atoms with Crippen LogP contribution < -0.4 is 0 Å². The first-order valence-electron chi connectivity index (χ1n) is 5.79. The summed E-state index contributed by atoms with van der Waals surface area (Å²) in [7, 11) is 0. The summed E-state index contributed by atoms with van der Waals surface area (Å²) in [6, 6.07) is 8.47. The van der Waals surface area contributed by atoms with Crippen LogP contribution in [0.1, 0.15) is 5.56 Å². The van der Waals surface area contributed by atoms with Crippen molar-refractivity contribution in [3.05, 3.63) is 52.2 Å². The highest BCUT2D eigenvalue weighted by Gasteiger charge is 2.21. The average molecular weight is 310 g/mol. The minimum Gasteiger partial charge on any atom is -0.461 e. The van der Waals surface area contributed by atoms with Gasteiger partial charge in [0.1, 0.15) is 5.69 Å². The fourth-order valence-corrected chi connectivity index (χ4v) is 2.33. The fourth-order valence-electron chi connectivity index (χ4n) is 1.95. The van der Waals surface area contributed by atoms with Crippen molar-refractivity contribution in [2.75, 3.05) is 0 Å². The number of aromatic nitrogens is 1. The van der Waals surface area contributed by atoms with Crippen molar-refractivity contribution < 1.29 is 14.0 Å². The topological polar surface area (TPSA) is 59.4 Å². The van der Waals surface area contributed by atoms with Gasteiger partial charge in [-0.25, -0.2) is 0 Å². The van der Waals surface area contributed by atoms with Crippen LogP contribution in [0.5, 0.6) is 0 Å².